The van der Waals surface area contributed by atoms with Crippen LogP contribution in [0.25, 0.3) is 0 Å². The Bertz CT molecular complexity index is 1040. The quantitative estimate of drug-likeness (QED) is 0.403. The molecule has 0 aromatic heterocycles. The summed E-state index contributed by atoms with van der Waals surface area (Å²) in [5.41, 5.74) is 0.480. The summed E-state index contributed by atoms with van der Waals surface area (Å²) in [6, 6.07) is 10.9. The summed E-state index contributed by atoms with van der Waals surface area (Å²) < 4.78 is 11.4. The summed E-state index contributed by atoms with van der Waals surface area (Å²) in [7, 11) is 0. The third-order valence-electron chi connectivity index (χ3n) is 5.97. The number of benzene rings is 2. The van der Waals surface area contributed by atoms with E-state index in [4.69, 9.17) is 9.47 Å². The van der Waals surface area contributed by atoms with Crippen molar-refractivity contribution in [1.29, 1.82) is 0 Å². The molecule has 2 aromatic rings. The average molecular weight is 423 g/mol. The van der Waals surface area contributed by atoms with Crippen molar-refractivity contribution in [2.24, 2.45) is 0 Å². The van der Waals surface area contributed by atoms with Gasteiger partial charge in [-0.05, 0) is 37.6 Å². The predicted octanol–water partition coefficient (Wildman–Crippen LogP) is 3.22. The average Bonchev–Trinajstić information content (AvgIpc) is 3.21. The van der Waals surface area contributed by atoms with Gasteiger partial charge in [0.2, 0.25) is 0 Å². The van der Waals surface area contributed by atoms with E-state index in [1.807, 2.05) is 13.8 Å². The Morgan fingerprint density at radius 3 is 2.71 bits per heavy atom. The fourth-order valence-electron chi connectivity index (χ4n) is 4.82. The van der Waals surface area contributed by atoms with E-state index >= 15 is 0 Å². The van der Waals surface area contributed by atoms with Gasteiger partial charge in [-0.2, -0.15) is 0 Å². The van der Waals surface area contributed by atoms with Crippen LogP contribution in [0.4, 0.5) is 5.69 Å². The molecule has 0 saturated carbocycles. The van der Waals surface area contributed by atoms with E-state index in [1.165, 1.54) is 0 Å². The molecule has 0 radical (unpaired) electrons. The van der Waals surface area contributed by atoms with Crippen molar-refractivity contribution in [3.63, 3.8) is 0 Å². The van der Waals surface area contributed by atoms with Crippen molar-refractivity contribution in [1.82, 2.24) is 5.32 Å². The van der Waals surface area contributed by atoms with Gasteiger partial charge in [0.05, 0.1) is 12.5 Å². The van der Waals surface area contributed by atoms with Gasteiger partial charge in [0, 0.05) is 22.2 Å². The van der Waals surface area contributed by atoms with Gasteiger partial charge in [-0.15, -0.1) is 0 Å². The summed E-state index contributed by atoms with van der Waals surface area (Å²) in [5.74, 6) is 0.0917. The largest absolute Gasteiger partial charge is 0.490 e. The zero-order chi connectivity index (χ0) is 22.2. The third kappa shape index (κ3) is 3.23. The molecule has 1 saturated heterocycles. The van der Waals surface area contributed by atoms with E-state index in [1.54, 1.807) is 48.5 Å². The summed E-state index contributed by atoms with van der Waals surface area (Å²) >= 11 is 0. The molecule has 2 aromatic carbocycles. The summed E-state index contributed by atoms with van der Waals surface area (Å²) in [4.78, 5) is 25.1. The normalized spacial score (nSPS) is 26.4. The second-order valence-electron chi connectivity index (χ2n) is 7.74. The number of rotatable bonds is 7. The van der Waals surface area contributed by atoms with Crippen LogP contribution < -0.4 is 20.1 Å². The Kier molecular flexibility index (Phi) is 5.41. The zero-order valence-corrected chi connectivity index (χ0v) is 17.5. The maximum Gasteiger partial charge on any atom is 0.256 e. The number of anilines is 1. The van der Waals surface area contributed by atoms with E-state index in [-0.39, 0.29) is 11.0 Å². The third-order valence-corrected chi connectivity index (χ3v) is 5.97. The molecule has 0 bridgehead atoms. The van der Waals surface area contributed by atoms with Crippen LogP contribution in [-0.2, 0) is 10.3 Å². The van der Waals surface area contributed by atoms with Gasteiger partial charge in [-0.3, -0.25) is 20.2 Å². The molecule has 1 amide bonds. The lowest BCUT2D eigenvalue weighted by molar-refractivity contribution is -0.532. The summed E-state index contributed by atoms with van der Waals surface area (Å²) in [5, 5.41) is 18.5. The molecule has 8 nitrogen and oxygen atoms in total. The molecule has 2 heterocycles. The lowest BCUT2D eigenvalue weighted by Crippen LogP contribution is -2.54. The SMILES string of the molecule is C=CCOc1ccc([C@@H]2[C@H](C)N[C@@]3(C(=O)Nc4ccccc43)[C@H]2[N+](=O)[O-])cc1OCC. The highest BCUT2D eigenvalue weighted by Crippen LogP contribution is 2.50. The van der Waals surface area contributed by atoms with E-state index < -0.39 is 23.4 Å². The van der Waals surface area contributed by atoms with Crippen LogP contribution in [-0.4, -0.2) is 36.1 Å². The number of carbonyl (C=O) groups is 1. The van der Waals surface area contributed by atoms with Gasteiger partial charge >= 0.3 is 0 Å². The summed E-state index contributed by atoms with van der Waals surface area (Å²) in [6.45, 7) is 8.12. The number of amides is 1. The number of ether oxygens (including phenoxy) is 2. The summed E-state index contributed by atoms with van der Waals surface area (Å²) in [6.07, 6.45) is 1.63. The monoisotopic (exact) mass is 423 g/mol. The lowest BCUT2D eigenvalue weighted by Gasteiger charge is -2.25. The van der Waals surface area contributed by atoms with Crippen LogP contribution in [0.5, 0.6) is 11.5 Å². The molecule has 4 atom stereocenters. The molecule has 2 aliphatic rings. The van der Waals surface area contributed by atoms with Crippen LogP contribution in [0.3, 0.4) is 0 Å². The predicted molar refractivity (Wildman–Crippen MR) is 116 cm³/mol. The molecule has 8 heteroatoms. The second-order valence-corrected chi connectivity index (χ2v) is 7.74. The standard InChI is InChI=1S/C23H25N3O5/c1-4-12-31-18-11-10-15(13-19(18)30-5-2)20-14(3)25-23(21(20)26(28)29)16-8-6-7-9-17(16)24-22(23)27/h4,6-11,13-14,20-21,25H,1,5,12H2,2-3H3,(H,24,27)/t14-,20-,21-,23+/m0/s1. The fourth-order valence-corrected chi connectivity index (χ4v) is 4.82. The smallest absolute Gasteiger partial charge is 0.256 e. The lowest BCUT2D eigenvalue weighted by atomic mass is 9.78. The molecule has 0 unspecified atom stereocenters. The van der Waals surface area contributed by atoms with Crippen molar-refractivity contribution in [2.45, 2.75) is 37.4 Å². The Morgan fingerprint density at radius 1 is 1.23 bits per heavy atom. The van der Waals surface area contributed by atoms with Crippen molar-refractivity contribution in [2.75, 3.05) is 18.5 Å². The molecule has 2 N–H and O–H groups in total. The number of hydrogen-bond donors (Lipinski definition) is 2. The van der Waals surface area contributed by atoms with Crippen molar-refractivity contribution < 1.29 is 19.2 Å². The first kappa shape index (κ1) is 20.9. The van der Waals surface area contributed by atoms with Crippen LogP contribution in [0, 0.1) is 10.1 Å². The van der Waals surface area contributed by atoms with E-state index in [0.29, 0.717) is 41.5 Å². The molecular weight excluding hydrogens is 398 g/mol. The Balaban J connectivity index is 1.81. The minimum absolute atomic E-state index is 0.318. The minimum Gasteiger partial charge on any atom is -0.490 e. The number of para-hydroxylation sites is 1. The van der Waals surface area contributed by atoms with Gasteiger partial charge in [0.25, 0.3) is 11.9 Å². The van der Waals surface area contributed by atoms with Crippen LogP contribution in [0.1, 0.15) is 30.9 Å². The molecule has 1 spiro atoms. The molecule has 1 fully saturated rings. The van der Waals surface area contributed by atoms with Gasteiger partial charge in [-0.1, -0.05) is 36.9 Å². The molecule has 162 valence electrons. The molecule has 2 aliphatic heterocycles. The van der Waals surface area contributed by atoms with Crippen LogP contribution >= 0.6 is 0 Å². The van der Waals surface area contributed by atoms with Gasteiger partial charge in [-0.25, -0.2) is 0 Å². The van der Waals surface area contributed by atoms with Gasteiger partial charge in [0.1, 0.15) is 6.61 Å². The number of carbonyl (C=O) groups excluding carboxylic acids is 1. The van der Waals surface area contributed by atoms with Crippen molar-refractivity contribution >= 4 is 11.6 Å². The second kappa shape index (κ2) is 8.03. The topological polar surface area (TPSA) is 103 Å². The highest BCUT2D eigenvalue weighted by molar-refractivity contribution is 6.07. The Morgan fingerprint density at radius 2 is 2.00 bits per heavy atom. The number of hydrogen-bond acceptors (Lipinski definition) is 6. The molecular formula is C23H25N3O5. The number of fused-ring (bicyclic) bond motifs is 2. The number of nitro groups is 1. The number of nitrogens with one attached hydrogen (secondary N) is 2. The van der Waals surface area contributed by atoms with Crippen molar-refractivity contribution in [3.8, 4) is 11.5 Å². The van der Waals surface area contributed by atoms with Gasteiger partial charge < -0.3 is 14.8 Å². The van der Waals surface area contributed by atoms with E-state index in [9.17, 15) is 14.9 Å². The van der Waals surface area contributed by atoms with Crippen LogP contribution in [0.15, 0.2) is 55.1 Å². The van der Waals surface area contributed by atoms with Gasteiger partial charge in [0.15, 0.2) is 17.0 Å². The fraction of sp³-hybridized carbons (Fsp3) is 0.348. The van der Waals surface area contributed by atoms with Crippen LogP contribution in [0.2, 0.25) is 0 Å². The minimum atomic E-state index is -1.44. The Hall–Kier alpha value is -3.39. The molecule has 31 heavy (non-hydrogen) atoms. The highest BCUT2D eigenvalue weighted by Gasteiger charge is 2.67. The zero-order valence-electron chi connectivity index (χ0n) is 17.5. The maximum atomic E-state index is 13.1. The van der Waals surface area contributed by atoms with Crippen molar-refractivity contribution in [3.05, 3.63) is 76.4 Å². The number of nitrogens with zero attached hydrogens (tertiary/aromatic N) is 1. The first-order valence-electron chi connectivity index (χ1n) is 10.3. The first-order valence-corrected chi connectivity index (χ1v) is 10.3. The highest BCUT2D eigenvalue weighted by atomic mass is 16.6. The Labute approximate surface area is 180 Å². The van der Waals surface area contributed by atoms with E-state index in [2.05, 4.69) is 17.2 Å². The molecule has 4 rings (SSSR count). The first-order chi connectivity index (χ1) is 14.9. The van der Waals surface area contributed by atoms with E-state index in [0.717, 1.165) is 0 Å². The maximum absolute atomic E-state index is 13.1. The molecule has 0 aliphatic carbocycles.